The van der Waals surface area contributed by atoms with E-state index in [-0.39, 0.29) is 12.6 Å². The van der Waals surface area contributed by atoms with Crippen LogP contribution in [0, 0.1) is 0 Å². The van der Waals surface area contributed by atoms with Gasteiger partial charge in [0.15, 0.2) is 0 Å². The number of nitrogens with one attached hydrogen (secondary N) is 1. The fraction of sp³-hybridized carbons (Fsp3) is 0.625. The molecule has 2 rings (SSSR count). The lowest BCUT2D eigenvalue weighted by atomic mass is 9.83. The number of benzene rings is 1. The molecule has 1 saturated carbocycles. The number of aliphatic hydroxyl groups is 1. The van der Waals surface area contributed by atoms with Gasteiger partial charge in [-0.15, -0.1) is 0 Å². The van der Waals surface area contributed by atoms with Crippen LogP contribution >= 0.6 is 0 Å². The van der Waals surface area contributed by atoms with Crippen LogP contribution in [0.15, 0.2) is 24.3 Å². The lowest BCUT2D eigenvalue weighted by molar-refractivity contribution is 0.139. The molecule has 0 heterocycles. The van der Waals surface area contributed by atoms with E-state index in [4.69, 9.17) is 5.73 Å². The topological polar surface area (TPSA) is 58.3 Å². The highest BCUT2D eigenvalue weighted by atomic mass is 16.3. The Morgan fingerprint density at radius 2 is 1.84 bits per heavy atom. The van der Waals surface area contributed by atoms with Crippen molar-refractivity contribution in [2.75, 3.05) is 13.6 Å². The van der Waals surface area contributed by atoms with Crippen LogP contribution in [0.25, 0.3) is 0 Å². The molecule has 0 spiro atoms. The summed E-state index contributed by atoms with van der Waals surface area (Å²) in [5.41, 5.74) is 8.10. The van der Waals surface area contributed by atoms with Gasteiger partial charge in [0, 0.05) is 6.54 Å². The molecule has 2 unspecified atom stereocenters. The fourth-order valence-electron chi connectivity index (χ4n) is 3.13. The van der Waals surface area contributed by atoms with Gasteiger partial charge in [-0.3, -0.25) is 0 Å². The first-order valence-electron chi connectivity index (χ1n) is 7.41. The standard InChI is InChI=1S/C16H26N2O/c1-18-16(15(19)11-17)14-9-7-13(8-10-14)12-5-3-2-4-6-12/h7-10,12,15-16,18-19H,2-6,11,17H2,1H3. The Balaban J connectivity index is 2.08. The molecule has 1 aliphatic rings. The van der Waals surface area contributed by atoms with Gasteiger partial charge in [0.2, 0.25) is 0 Å². The van der Waals surface area contributed by atoms with Gasteiger partial charge in [-0.2, -0.15) is 0 Å². The molecule has 0 radical (unpaired) electrons. The van der Waals surface area contributed by atoms with Crippen molar-refractivity contribution in [3.05, 3.63) is 35.4 Å². The highest BCUT2D eigenvalue weighted by Gasteiger charge is 2.19. The summed E-state index contributed by atoms with van der Waals surface area (Å²) < 4.78 is 0. The second kappa shape index (κ2) is 7.04. The number of nitrogens with two attached hydrogens (primary N) is 1. The maximum absolute atomic E-state index is 9.90. The zero-order chi connectivity index (χ0) is 13.7. The second-order valence-corrected chi connectivity index (χ2v) is 5.57. The lowest BCUT2D eigenvalue weighted by Gasteiger charge is -2.24. The molecule has 3 nitrogen and oxygen atoms in total. The summed E-state index contributed by atoms with van der Waals surface area (Å²) in [5, 5.41) is 13.0. The van der Waals surface area contributed by atoms with E-state index in [0.29, 0.717) is 0 Å². The third-order valence-corrected chi connectivity index (χ3v) is 4.31. The van der Waals surface area contributed by atoms with Crippen LogP contribution in [-0.4, -0.2) is 24.8 Å². The minimum atomic E-state index is -0.537. The Morgan fingerprint density at radius 3 is 2.37 bits per heavy atom. The van der Waals surface area contributed by atoms with Crippen molar-refractivity contribution >= 4 is 0 Å². The van der Waals surface area contributed by atoms with E-state index < -0.39 is 6.10 Å². The van der Waals surface area contributed by atoms with Gasteiger partial charge < -0.3 is 16.2 Å². The van der Waals surface area contributed by atoms with Crippen molar-refractivity contribution in [1.82, 2.24) is 5.32 Å². The van der Waals surface area contributed by atoms with Gasteiger partial charge in [0.05, 0.1) is 12.1 Å². The van der Waals surface area contributed by atoms with Crippen LogP contribution in [0.4, 0.5) is 0 Å². The van der Waals surface area contributed by atoms with Crippen molar-refractivity contribution in [3.63, 3.8) is 0 Å². The molecule has 1 fully saturated rings. The largest absolute Gasteiger partial charge is 0.390 e. The molecule has 19 heavy (non-hydrogen) atoms. The van der Waals surface area contributed by atoms with Crippen LogP contribution < -0.4 is 11.1 Å². The van der Waals surface area contributed by atoms with Crippen molar-refractivity contribution in [2.24, 2.45) is 5.73 Å². The highest BCUT2D eigenvalue weighted by Crippen LogP contribution is 2.33. The Kier molecular flexibility index (Phi) is 5.37. The maximum atomic E-state index is 9.90. The Bertz CT molecular complexity index is 371. The summed E-state index contributed by atoms with van der Waals surface area (Å²) in [6, 6.07) is 8.62. The molecule has 1 aromatic rings. The third-order valence-electron chi connectivity index (χ3n) is 4.31. The zero-order valence-electron chi connectivity index (χ0n) is 11.8. The van der Waals surface area contributed by atoms with Crippen molar-refractivity contribution in [2.45, 2.75) is 50.2 Å². The Hall–Kier alpha value is -0.900. The lowest BCUT2D eigenvalue weighted by Crippen LogP contribution is -2.34. The van der Waals surface area contributed by atoms with Crippen LogP contribution in [0.2, 0.25) is 0 Å². The van der Waals surface area contributed by atoms with E-state index in [1.807, 2.05) is 7.05 Å². The van der Waals surface area contributed by atoms with Gasteiger partial charge in [-0.25, -0.2) is 0 Å². The van der Waals surface area contributed by atoms with Gasteiger partial charge in [0.25, 0.3) is 0 Å². The smallest absolute Gasteiger partial charge is 0.0856 e. The van der Waals surface area contributed by atoms with E-state index in [9.17, 15) is 5.11 Å². The molecular formula is C16H26N2O. The summed E-state index contributed by atoms with van der Waals surface area (Å²) >= 11 is 0. The first-order valence-corrected chi connectivity index (χ1v) is 7.41. The molecule has 0 aromatic heterocycles. The molecule has 2 atom stereocenters. The van der Waals surface area contributed by atoms with Gasteiger partial charge in [-0.05, 0) is 36.9 Å². The monoisotopic (exact) mass is 262 g/mol. The maximum Gasteiger partial charge on any atom is 0.0856 e. The number of hydrogen-bond donors (Lipinski definition) is 3. The predicted octanol–water partition coefficient (Wildman–Crippen LogP) is 2.31. The molecule has 0 bridgehead atoms. The van der Waals surface area contributed by atoms with Crippen LogP contribution in [-0.2, 0) is 0 Å². The van der Waals surface area contributed by atoms with E-state index >= 15 is 0 Å². The number of aliphatic hydroxyl groups excluding tert-OH is 1. The normalized spacial score (nSPS) is 20.2. The van der Waals surface area contributed by atoms with E-state index in [0.717, 1.165) is 11.5 Å². The molecule has 4 N–H and O–H groups in total. The first-order chi connectivity index (χ1) is 9.26. The van der Waals surface area contributed by atoms with Crippen LogP contribution in [0.1, 0.15) is 55.2 Å². The van der Waals surface area contributed by atoms with Crippen molar-refractivity contribution in [3.8, 4) is 0 Å². The van der Waals surface area contributed by atoms with E-state index in [2.05, 4.69) is 29.6 Å². The average molecular weight is 262 g/mol. The van der Waals surface area contributed by atoms with Crippen molar-refractivity contribution < 1.29 is 5.11 Å². The summed E-state index contributed by atoms with van der Waals surface area (Å²) in [7, 11) is 1.86. The molecule has 0 aliphatic heterocycles. The summed E-state index contributed by atoms with van der Waals surface area (Å²) in [6.07, 6.45) is 6.21. The SMILES string of the molecule is CNC(c1ccc(C2CCCCC2)cc1)C(O)CN. The molecule has 0 amide bonds. The van der Waals surface area contributed by atoms with Crippen LogP contribution in [0.5, 0.6) is 0 Å². The summed E-state index contributed by atoms with van der Waals surface area (Å²) in [6.45, 7) is 0.274. The van der Waals surface area contributed by atoms with E-state index in [1.54, 1.807) is 0 Å². The number of likely N-dealkylation sites (N-methyl/N-ethyl adjacent to an activating group) is 1. The Morgan fingerprint density at radius 1 is 1.21 bits per heavy atom. The van der Waals surface area contributed by atoms with Gasteiger partial charge in [-0.1, -0.05) is 43.5 Å². The number of rotatable bonds is 5. The Labute approximate surface area is 116 Å². The molecule has 1 aromatic carbocycles. The summed E-state index contributed by atoms with van der Waals surface area (Å²) in [5.74, 6) is 0.732. The average Bonchev–Trinajstić information content (AvgIpc) is 2.49. The van der Waals surface area contributed by atoms with Gasteiger partial charge >= 0.3 is 0 Å². The molecule has 106 valence electrons. The van der Waals surface area contributed by atoms with Gasteiger partial charge in [0.1, 0.15) is 0 Å². The highest BCUT2D eigenvalue weighted by molar-refractivity contribution is 5.28. The second-order valence-electron chi connectivity index (χ2n) is 5.57. The molecular weight excluding hydrogens is 236 g/mol. The molecule has 3 heteroatoms. The predicted molar refractivity (Wildman–Crippen MR) is 79.1 cm³/mol. The number of hydrogen-bond acceptors (Lipinski definition) is 3. The third kappa shape index (κ3) is 3.56. The minimum Gasteiger partial charge on any atom is -0.390 e. The van der Waals surface area contributed by atoms with Crippen molar-refractivity contribution in [1.29, 1.82) is 0 Å². The van der Waals surface area contributed by atoms with Crippen LogP contribution in [0.3, 0.4) is 0 Å². The zero-order valence-corrected chi connectivity index (χ0v) is 11.8. The molecule has 0 saturated heterocycles. The first kappa shape index (κ1) is 14.5. The van der Waals surface area contributed by atoms with E-state index in [1.165, 1.54) is 37.7 Å². The quantitative estimate of drug-likeness (QED) is 0.763. The minimum absolute atomic E-state index is 0.0783. The fourth-order valence-corrected chi connectivity index (χ4v) is 3.13. The molecule has 1 aliphatic carbocycles. The summed E-state index contributed by atoms with van der Waals surface area (Å²) in [4.78, 5) is 0.